The Labute approximate surface area is 194 Å². The fourth-order valence-electron chi connectivity index (χ4n) is 4.55. The van der Waals surface area contributed by atoms with Gasteiger partial charge in [0.1, 0.15) is 17.2 Å². The third-order valence-corrected chi connectivity index (χ3v) is 6.30. The summed E-state index contributed by atoms with van der Waals surface area (Å²) >= 11 is 0. The van der Waals surface area contributed by atoms with E-state index in [0.29, 0.717) is 25.0 Å². The molecule has 0 bridgehead atoms. The minimum atomic E-state index is -0.533. The number of hydrogen-bond donors (Lipinski definition) is 4. The van der Waals surface area contributed by atoms with Crippen LogP contribution in [0.25, 0.3) is 0 Å². The summed E-state index contributed by atoms with van der Waals surface area (Å²) in [5.74, 6) is 0.727. The van der Waals surface area contributed by atoms with Crippen LogP contribution in [0.15, 0.2) is 84.0 Å². The number of benzene rings is 3. The highest BCUT2D eigenvalue weighted by Gasteiger charge is 2.24. The van der Waals surface area contributed by atoms with Crippen molar-refractivity contribution in [2.45, 2.75) is 39.2 Å². The van der Waals surface area contributed by atoms with Crippen molar-refractivity contribution in [1.29, 1.82) is 0 Å². The summed E-state index contributed by atoms with van der Waals surface area (Å²) in [5, 5.41) is 40.4. The number of allylic oxidation sites excluding steroid dienone is 2. The van der Waals surface area contributed by atoms with Gasteiger partial charge in [-0.05, 0) is 89.9 Å². The van der Waals surface area contributed by atoms with E-state index >= 15 is 0 Å². The molecule has 3 aromatic rings. The second-order valence-electron chi connectivity index (χ2n) is 9.05. The first-order chi connectivity index (χ1) is 15.8. The largest absolute Gasteiger partial charge is 0.508 e. The maximum atomic E-state index is 10.7. The minimum Gasteiger partial charge on any atom is -0.508 e. The maximum Gasteiger partial charge on any atom is 0.122 e. The highest BCUT2D eigenvalue weighted by atomic mass is 16.3. The molecule has 0 amide bonds. The Morgan fingerprint density at radius 2 is 1.33 bits per heavy atom. The van der Waals surface area contributed by atoms with E-state index in [0.717, 1.165) is 39.0 Å². The van der Waals surface area contributed by atoms with Crippen LogP contribution >= 0.6 is 0 Å². The molecule has 4 nitrogen and oxygen atoms in total. The highest BCUT2D eigenvalue weighted by molar-refractivity contribution is 5.48. The van der Waals surface area contributed by atoms with E-state index in [-0.39, 0.29) is 17.4 Å². The zero-order chi connectivity index (χ0) is 23.5. The molecule has 4 heteroatoms. The molecule has 33 heavy (non-hydrogen) atoms. The molecule has 0 saturated heterocycles. The first-order valence-corrected chi connectivity index (χ1v) is 11.2. The Morgan fingerprint density at radius 3 is 1.97 bits per heavy atom. The molecule has 0 radical (unpaired) electrons. The Balaban J connectivity index is 1.56. The van der Waals surface area contributed by atoms with Gasteiger partial charge in [0.25, 0.3) is 0 Å². The number of aryl methyl sites for hydroxylation is 1. The van der Waals surface area contributed by atoms with Gasteiger partial charge in [-0.1, -0.05) is 48.6 Å². The van der Waals surface area contributed by atoms with Gasteiger partial charge in [-0.3, -0.25) is 0 Å². The summed E-state index contributed by atoms with van der Waals surface area (Å²) in [5.41, 5.74) is 6.96. The predicted octanol–water partition coefficient (Wildman–Crippen LogP) is 5.35. The van der Waals surface area contributed by atoms with E-state index in [2.05, 4.69) is 12.2 Å². The van der Waals surface area contributed by atoms with Crippen molar-refractivity contribution in [3.05, 3.63) is 112 Å². The lowest BCUT2D eigenvalue weighted by Crippen LogP contribution is -2.25. The van der Waals surface area contributed by atoms with Gasteiger partial charge < -0.3 is 20.4 Å². The smallest absolute Gasteiger partial charge is 0.122 e. The van der Waals surface area contributed by atoms with Crippen molar-refractivity contribution in [2.75, 3.05) is 0 Å². The molecular formula is C29H30O4. The Bertz CT molecular complexity index is 1190. The van der Waals surface area contributed by atoms with Gasteiger partial charge in [0.05, 0.1) is 6.10 Å². The third-order valence-electron chi connectivity index (χ3n) is 6.30. The van der Waals surface area contributed by atoms with Crippen LogP contribution in [-0.4, -0.2) is 26.5 Å². The summed E-state index contributed by atoms with van der Waals surface area (Å²) in [6.45, 7) is 3.87. The van der Waals surface area contributed by atoms with Crippen molar-refractivity contribution >= 4 is 0 Å². The number of aliphatic hydroxyl groups excluding tert-OH is 1. The number of hydrogen-bond acceptors (Lipinski definition) is 4. The van der Waals surface area contributed by atoms with E-state index in [1.807, 2.05) is 50.2 Å². The summed E-state index contributed by atoms with van der Waals surface area (Å²) in [6.07, 6.45) is 5.65. The minimum absolute atomic E-state index is 0.0378. The van der Waals surface area contributed by atoms with E-state index in [1.54, 1.807) is 24.3 Å². The number of aliphatic hydroxyl groups is 1. The van der Waals surface area contributed by atoms with Crippen LogP contribution in [0.3, 0.4) is 0 Å². The Kier molecular flexibility index (Phi) is 6.57. The van der Waals surface area contributed by atoms with Crippen molar-refractivity contribution in [2.24, 2.45) is 5.92 Å². The van der Waals surface area contributed by atoms with Crippen LogP contribution in [0.5, 0.6) is 17.2 Å². The first-order valence-electron chi connectivity index (χ1n) is 11.2. The van der Waals surface area contributed by atoms with Gasteiger partial charge in [0, 0.05) is 12.3 Å². The van der Waals surface area contributed by atoms with E-state index in [4.69, 9.17) is 0 Å². The average molecular weight is 443 g/mol. The van der Waals surface area contributed by atoms with E-state index in [9.17, 15) is 20.4 Å². The lowest BCUT2D eigenvalue weighted by Gasteiger charge is -2.26. The second kappa shape index (κ2) is 9.55. The molecule has 0 fully saturated rings. The summed E-state index contributed by atoms with van der Waals surface area (Å²) < 4.78 is 0. The zero-order valence-corrected chi connectivity index (χ0v) is 19.0. The first kappa shape index (κ1) is 22.7. The van der Waals surface area contributed by atoms with Gasteiger partial charge >= 0.3 is 0 Å². The van der Waals surface area contributed by atoms with E-state index in [1.165, 1.54) is 0 Å². The topological polar surface area (TPSA) is 80.9 Å². The Morgan fingerprint density at radius 1 is 0.727 bits per heavy atom. The highest BCUT2D eigenvalue weighted by Crippen LogP contribution is 2.31. The van der Waals surface area contributed by atoms with Gasteiger partial charge in [-0.25, -0.2) is 0 Å². The molecule has 0 spiro atoms. The molecule has 2 atom stereocenters. The zero-order valence-electron chi connectivity index (χ0n) is 19.0. The standard InChI is InChI=1S/C29H30O4/c1-18-11-22(16-24(28(18)32)14-20-3-7-26(30)8-4-20)13-23-12-19(2)29(33)25(17-23)15-21-5-9-27(31)10-6-21/h3-12,16-17,24,28,30-33H,13-15H2,1-2H3. The second-order valence-corrected chi connectivity index (χ2v) is 9.05. The van der Waals surface area contributed by atoms with Crippen LogP contribution in [0.4, 0.5) is 0 Å². The predicted molar refractivity (Wildman–Crippen MR) is 131 cm³/mol. The van der Waals surface area contributed by atoms with Crippen molar-refractivity contribution < 1.29 is 20.4 Å². The number of rotatable bonds is 6. The fraction of sp³-hybridized carbons (Fsp3) is 0.241. The fourth-order valence-corrected chi connectivity index (χ4v) is 4.55. The molecule has 0 saturated carbocycles. The van der Waals surface area contributed by atoms with Crippen LogP contribution in [0.1, 0.15) is 34.7 Å². The van der Waals surface area contributed by atoms with Crippen molar-refractivity contribution in [3.63, 3.8) is 0 Å². The van der Waals surface area contributed by atoms with Crippen LogP contribution in [-0.2, 0) is 19.3 Å². The molecular weight excluding hydrogens is 412 g/mol. The Hall–Kier alpha value is -3.50. The summed E-state index contributed by atoms with van der Waals surface area (Å²) in [4.78, 5) is 0. The molecule has 170 valence electrons. The van der Waals surface area contributed by atoms with E-state index < -0.39 is 6.10 Å². The summed E-state index contributed by atoms with van der Waals surface area (Å²) in [7, 11) is 0. The molecule has 0 aliphatic heterocycles. The molecule has 4 rings (SSSR count). The summed E-state index contributed by atoms with van der Waals surface area (Å²) in [6, 6.07) is 18.2. The molecule has 0 heterocycles. The van der Waals surface area contributed by atoms with Gasteiger partial charge in [0.2, 0.25) is 0 Å². The van der Waals surface area contributed by atoms with Gasteiger partial charge in [-0.15, -0.1) is 0 Å². The van der Waals surface area contributed by atoms with Gasteiger partial charge in [0.15, 0.2) is 0 Å². The molecule has 3 aromatic carbocycles. The van der Waals surface area contributed by atoms with Crippen molar-refractivity contribution in [1.82, 2.24) is 0 Å². The number of aromatic hydroxyl groups is 3. The molecule has 1 aliphatic carbocycles. The third kappa shape index (κ3) is 5.47. The maximum absolute atomic E-state index is 10.7. The lowest BCUT2D eigenvalue weighted by atomic mass is 9.82. The SMILES string of the molecule is CC1=CC(Cc2cc(C)c(O)c(Cc3ccc(O)cc3)c2)=CC(Cc2ccc(O)cc2)C1O. The quantitative estimate of drug-likeness (QED) is 0.415. The number of phenolic OH excluding ortho intramolecular Hbond substituents is 3. The number of phenols is 3. The molecule has 4 N–H and O–H groups in total. The molecule has 0 aromatic heterocycles. The lowest BCUT2D eigenvalue weighted by molar-refractivity contribution is 0.162. The average Bonchev–Trinajstić information content (AvgIpc) is 2.78. The monoisotopic (exact) mass is 442 g/mol. The van der Waals surface area contributed by atoms with Crippen LogP contribution in [0.2, 0.25) is 0 Å². The van der Waals surface area contributed by atoms with Crippen LogP contribution in [0, 0.1) is 12.8 Å². The van der Waals surface area contributed by atoms with Crippen LogP contribution < -0.4 is 0 Å². The van der Waals surface area contributed by atoms with Crippen molar-refractivity contribution in [3.8, 4) is 17.2 Å². The normalized spacial score (nSPS) is 18.0. The molecule has 1 aliphatic rings. The molecule has 2 unspecified atom stereocenters. The van der Waals surface area contributed by atoms with Gasteiger partial charge in [-0.2, -0.15) is 0 Å².